The fraction of sp³-hybridized carbons (Fsp3) is 0.381. The Labute approximate surface area is 171 Å². The predicted octanol–water partition coefficient (Wildman–Crippen LogP) is 2.84. The quantitative estimate of drug-likeness (QED) is 0.780. The first-order valence-electron chi connectivity index (χ1n) is 9.54. The maximum absolute atomic E-state index is 13.1. The number of methoxy groups -OCH3 is 1. The van der Waals surface area contributed by atoms with E-state index in [1.807, 2.05) is 32.0 Å². The summed E-state index contributed by atoms with van der Waals surface area (Å²) >= 11 is 0. The maximum Gasteiger partial charge on any atom is 0.259 e. The molecule has 0 aliphatic carbocycles. The Balaban J connectivity index is 1.96. The molecule has 156 valence electrons. The highest BCUT2D eigenvalue weighted by Gasteiger charge is 2.28. The van der Waals surface area contributed by atoms with Gasteiger partial charge in [-0.05, 0) is 42.7 Å². The number of aryl methyl sites for hydroxylation is 2. The van der Waals surface area contributed by atoms with Crippen LogP contribution < -0.4 is 10.1 Å². The minimum Gasteiger partial charge on any atom is -0.496 e. The van der Waals surface area contributed by atoms with Gasteiger partial charge in [-0.1, -0.05) is 25.1 Å². The van der Waals surface area contributed by atoms with Crippen LogP contribution in [0.5, 0.6) is 5.75 Å². The summed E-state index contributed by atoms with van der Waals surface area (Å²) < 4.78 is 37.9. The van der Waals surface area contributed by atoms with Crippen molar-refractivity contribution in [1.82, 2.24) is 4.31 Å². The maximum atomic E-state index is 13.1. The number of carbonyl (C=O) groups excluding carboxylic acids is 1. The summed E-state index contributed by atoms with van der Waals surface area (Å²) in [5, 5.41) is 2.93. The normalized spacial score (nSPS) is 15.1. The largest absolute Gasteiger partial charge is 0.496 e. The number of nitrogens with one attached hydrogen (secondary N) is 1. The van der Waals surface area contributed by atoms with E-state index in [0.29, 0.717) is 32.1 Å². The molecule has 0 bridgehead atoms. The molecule has 0 radical (unpaired) electrons. The molecule has 2 aromatic rings. The Morgan fingerprint density at radius 3 is 2.59 bits per heavy atom. The van der Waals surface area contributed by atoms with E-state index >= 15 is 0 Å². The third kappa shape index (κ3) is 4.44. The van der Waals surface area contributed by atoms with E-state index in [1.165, 1.54) is 29.6 Å². The molecule has 7 nitrogen and oxygen atoms in total. The summed E-state index contributed by atoms with van der Waals surface area (Å²) in [6.45, 7) is 5.23. The predicted molar refractivity (Wildman–Crippen MR) is 111 cm³/mol. The van der Waals surface area contributed by atoms with Crippen LogP contribution in [0.4, 0.5) is 5.69 Å². The Hall–Kier alpha value is -2.42. The molecule has 1 amide bonds. The number of sulfonamides is 1. The molecule has 2 aromatic carbocycles. The Kier molecular flexibility index (Phi) is 6.56. The van der Waals surface area contributed by atoms with Gasteiger partial charge in [0.15, 0.2) is 0 Å². The Morgan fingerprint density at radius 1 is 1.21 bits per heavy atom. The molecule has 0 unspecified atom stereocenters. The first-order chi connectivity index (χ1) is 13.9. The topological polar surface area (TPSA) is 84.9 Å². The number of hydrogen-bond acceptors (Lipinski definition) is 5. The zero-order valence-corrected chi connectivity index (χ0v) is 17.7. The van der Waals surface area contributed by atoms with Crippen LogP contribution in [-0.2, 0) is 21.2 Å². The third-order valence-electron chi connectivity index (χ3n) is 5.00. The standard InChI is InChI=1S/C21H26N2O5S/c1-4-16-7-5-6-15(2)20(16)22-21(24)18-14-17(8-9-19(18)27-3)29(25,26)23-10-12-28-13-11-23/h5-9,14H,4,10-13H2,1-3H3,(H,22,24). The van der Waals surface area contributed by atoms with Gasteiger partial charge in [-0.25, -0.2) is 8.42 Å². The second-order valence-corrected chi connectivity index (χ2v) is 8.73. The van der Waals surface area contributed by atoms with Gasteiger partial charge in [0.05, 0.1) is 30.8 Å². The van der Waals surface area contributed by atoms with Crippen molar-refractivity contribution in [3.63, 3.8) is 0 Å². The van der Waals surface area contributed by atoms with Gasteiger partial charge < -0.3 is 14.8 Å². The average molecular weight is 419 g/mol. The molecule has 1 N–H and O–H groups in total. The number of ether oxygens (including phenoxy) is 2. The van der Waals surface area contributed by atoms with Gasteiger partial charge in [0.1, 0.15) is 5.75 Å². The van der Waals surface area contributed by atoms with Crippen LogP contribution in [0.3, 0.4) is 0 Å². The number of carbonyl (C=O) groups is 1. The second-order valence-electron chi connectivity index (χ2n) is 6.80. The minimum atomic E-state index is -3.72. The van der Waals surface area contributed by atoms with Crippen molar-refractivity contribution in [3.8, 4) is 5.75 Å². The van der Waals surface area contributed by atoms with E-state index in [-0.39, 0.29) is 10.5 Å². The molecule has 1 heterocycles. The van der Waals surface area contributed by atoms with E-state index < -0.39 is 15.9 Å². The van der Waals surface area contributed by atoms with Crippen molar-refractivity contribution in [2.75, 3.05) is 38.7 Å². The lowest BCUT2D eigenvalue weighted by Crippen LogP contribution is -2.40. The molecule has 1 saturated heterocycles. The van der Waals surface area contributed by atoms with Gasteiger partial charge in [-0.15, -0.1) is 0 Å². The minimum absolute atomic E-state index is 0.0610. The average Bonchev–Trinajstić information content (AvgIpc) is 2.75. The van der Waals surface area contributed by atoms with Crippen molar-refractivity contribution in [1.29, 1.82) is 0 Å². The Morgan fingerprint density at radius 2 is 1.93 bits per heavy atom. The highest BCUT2D eigenvalue weighted by Crippen LogP contribution is 2.28. The first-order valence-corrected chi connectivity index (χ1v) is 11.0. The summed E-state index contributed by atoms with van der Waals surface area (Å²) in [5.41, 5.74) is 2.86. The molecule has 0 atom stereocenters. The zero-order chi connectivity index (χ0) is 21.0. The number of hydrogen-bond donors (Lipinski definition) is 1. The van der Waals surface area contributed by atoms with Gasteiger partial charge in [0.2, 0.25) is 10.0 Å². The van der Waals surface area contributed by atoms with Crippen molar-refractivity contribution in [3.05, 3.63) is 53.1 Å². The van der Waals surface area contributed by atoms with Gasteiger partial charge >= 0.3 is 0 Å². The van der Waals surface area contributed by atoms with Crippen LogP contribution >= 0.6 is 0 Å². The van der Waals surface area contributed by atoms with E-state index in [9.17, 15) is 13.2 Å². The number of nitrogens with zero attached hydrogens (tertiary/aromatic N) is 1. The molecule has 1 aliphatic heterocycles. The summed E-state index contributed by atoms with van der Waals surface area (Å²) in [6, 6.07) is 10.2. The van der Waals surface area contributed by atoms with Gasteiger partial charge in [0, 0.05) is 18.8 Å². The first kappa shape index (κ1) is 21.3. The van der Waals surface area contributed by atoms with Gasteiger partial charge in [0.25, 0.3) is 5.91 Å². The summed E-state index contributed by atoms with van der Waals surface area (Å²) in [4.78, 5) is 13.1. The number of morpholine rings is 1. The SMILES string of the molecule is CCc1cccc(C)c1NC(=O)c1cc(S(=O)(=O)N2CCOCC2)ccc1OC. The molecule has 0 saturated carbocycles. The lowest BCUT2D eigenvalue weighted by Gasteiger charge is -2.26. The van der Waals surface area contributed by atoms with Crippen LogP contribution in [-0.4, -0.2) is 52.0 Å². The second kappa shape index (κ2) is 8.94. The van der Waals surface area contributed by atoms with Crippen LogP contribution in [0.2, 0.25) is 0 Å². The third-order valence-corrected chi connectivity index (χ3v) is 6.90. The summed E-state index contributed by atoms with van der Waals surface area (Å²) in [5.74, 6) is -0.0973. The summed E-state index contributed by atoms with van der Waals surface area (Å²) in [7, 11) is -2.27. The number of anilines is 1. The number of para-hydroxylation sites is 1. The molecule has 3 rings (SSSR count). The smallest absolute Gasteiger partial charge is 0.259 e. The Bertz CT molecular complexity index is 998. The van der Waals surface area contributed by atoms with Crippen LogP contribution in [0, 0.1) is 6.92 Å². The highest BCUT2D eigenvalue weighted by atomic mass is 32.2. The van der Waals surface area contributed by atoms with E-state index in [4.69, 9.17) is 9.47 Å². The monoisotopic (exact) mass is 418 g/mol. The van der Waals surface area contributed by atoms with Crippen molar-refractivity contribution in [2.24, 2.45) is 0 Å². The van der Waals surface area contributed by atoms with Crippen molar-refractivity contribution in [2.45, 2.75) is 25.2 Å². The fourth-order valence-corrected chi connectivity index (χ4v) is 4.78. The molecule has 0 spiro atoms. The van der Waals surface area contributed by atoms with E-state index in [2.05, 4.69) is 5.32 Å². The zero-order valence-electron chi connectivity index (χ0n) is 16.9. The number of benzene rings is 2. The van der Waals surface area contributed by atoms with E-state index in [1.54, 1.807) is 0 Å². The van der Waals surface area contributed by atoms with Crippen LogP contribution in [0.1, 0.15) is 28.4 Å². The van der Waals surface area contributed by atoms with Crippen LogP contribution in [0.25, 0.3) is 0 Å². The molecular weight excluding hydrogens is 392 g/mol. The lowest BCUT2D eigenvalue weighted by atomic mass is 10.1. The molecule has 29 heavy (non-hydrogen) atoms. The number of rotatable bonds is 6. The lowest BCUT2D eigenvalue weighted by molar-refractivity contribution is 0.0730. The van der Waals surface area contributed by atoms with E-state index in [0.717, 1.165) is 23.2 Å². The molecule has 0 aromatic heterocycles. The van der Waals surface area contributed by atoms with Crippen molar-refractivity contribution < 1.29 is 22.7 Å². The number of amides is 1. The molecular formula is C21H26N2O5S. The highest BCUT2D eigenvalue weighted by molar-refractivity contribution is 7.89. The van der Waals surface area contributed by atoms with Crippen molar-refractivity contribution >= 4 is 21.6 Å². The van der Waals surface area contributed by atoms with Crippen LogP contribution in [0.15, 0.2) is 41.3 Å². The van der Waals surface area contributed by atoms with Gasteiger partial charge in [-0.2, -0.15) is 4.31 Å². The van der Waals surface area contributed by atoms with Gasteiger partial charge in [-0.3, -0.25) is 4.79 Å². The fourth-order valence-electron chi connectivity index (χ4n) is 3.34. The molecule has 8 heteroatoms. The molecule has 1 aliphatic rings. The summed E-state index contributed by atoms with van der Waals surface area (Å²) in [6.07, 6.45) is 0.764. The molecule has 1 fully saturated rings.